The average molecular weight is 438 g/mol. The first-order chi connectivity index (χ1) is 14.7. The van der Waals surface area contributed by atoms with E-state index in [1.807, 2.05) is 73.7 Å². The summed E-state index contributed by atoms with van der Waals surface area (Å²) in [5.74, 6) is 0.627. The van der Waals surface area contributed by atoms with Gasteiger partial charge in [0.15, 0.2) is 0 Å². The van der Waals surface area contributed by atoms with Crippen molar-refractivity contribution in [3.63, 3.8) is 0 Å². The lowest BCUT2D eigenvalue weighted by atomic mass is 10.3. The molecule has 2 heterocycles. The molecule has 1 atom stereocenters. The summed E-state index contributed by atoms with van der Waals surface area (Å²) < 4.78 is 6.97. The van der Waals surface area contributed by atoms with Crippen LogP contribution in [0.15, 0.2) is 92.4 Å². The minimum Gasteiger partial charge on any atom is -0.467 e. The van der Waals surface area contributed by atoms with Crippen molar-refractivity contribution >= 4 is 35.1 Å². The summed E-state index contributed by atoms with van der Waals surface area (Å²) in [4.78, 5) is 14.9. The van der Waals surface area contributed by atoms with Crippen molar-refractivity contribution in [2.24, 2.45) is 0 Å². The smallest absolute Gasteiger partial charge is 0.237 e. The lowest BCUT2D eigenvalue weighted by molar-refractivity contribution is -0.115. The van der Waals surface area contributed by atoms with E-state index in [0.717, 1.165) is 21.2 Å². The Hall–Kier alpha value is -3.04. The standard InChI is InChI=1S/C21H19N5O2S2/c1-15(29-21-23-24-25-26(21)14-16-8-7-13-28-16)20(27)22-18-11-5-6-12-19(18)30-17-9-3-2-4-10-17/h2-13,15H,14H2,1H3,(H,22,27). The predicted molar refractivity (Wildman–Crippen MR) is 117 cm³/mol. The number of amides is 1. The zero-order valence-corrected chi connectivity index (χ0v) is 17.8. The van der Waals surface area contributed by atoms with Crippen LogP contribution in [0.5, 0.6) is 0 Å². The molecule has 0 aliphatic rings. The maximum Gasteiger partial charge on any atom is 0.237 e. The highest BCUT2D eigenvalue weighted by Crippen LogP contribution is 2.33. The Bertz CT molecular complexity index is 1100. The molecule has 0 spiro atoms. The quantitative estimate of drug-likeness (QED) is 0.404. The molecule has 4 aromatic rings. The number of hydrogen-bond acceptors (Lipinski definition) is 7. The van der Waals surface area contributed by atoms with Gasteiger partial charge >= 0.3 is 0 Å². The molecule has 0 bridgehead atoms. The Morgan fingerprint density at radius 1 is 1.10 bits per heavy atom. The summed E-state index contributed by atoms with van der Waals surface area (Å²) >= 11 is 2.91. The van der Waals surface area contributed by atoms with Crippen molar-refractivity contribution in [1.29, 1.82) is 0 Å². The molecule has 1 amide bonds. The molecule has 0 aliphatic heterocycles. The third-order valence-electron chi connectivity index (χ3n) is 4.15. The first-order valence-electron chi connectivity index (χ1n) is 9.27. The SMILES string of the molecule is CC(Sc1nnnn1Cc1ccco1)C(=O)Nc1ccccc1Sc1ccccc1. The molecule has 1 unspecified atom stereocenters. The van der Waals surface area contributed by atoms with Gasteiger partial charge in [0.05, 0.1) is 17.2 Å². The van der Waals surface area contributed by atoms with E-state index in [0.29, 0.717) is 11.7 Å². The molecular formula is C21H19N5O2S2. The number of carbonyl (C=O) groups excluding carboxylic acids is 1. The van der Waals surface area contributed by atoms with Gasteiger partial charge in [-0.3, -0.25) is 4.79 Å². The topological polar surface area (TPSA) is 85.8 Å². The second-order valence-electron chi connectivity index (χ2n) is 6.36. The molecule has 2 aromatic heterocycles. The Morgan fingerprint density at radius 3 is 2.70 bits per heavy atom. The van der Waals surface area contributed by atoms with Gasteiger partial charge in [-0.1, -0.05) is 53.9 Å². The molecule has 4 rings (SSSR count). The number of aromatic nitrogens is 4. The maximum absolute atomic E-state index is 12.8. The highest BCUT2D eigenvalue weighted by molar-refractivity contribution is 8.00. The van der Waals surface area contributed by atoms with Crippen LogP contribution in [0, 0.1) is 0 Å². The molecule has 0 radical (unpaired) electrons. The van der Waals surface area contributed by atoms with Crippen LogP contribution in [-0.4, -0.2) is 31.4 Å². The molecule has 0 fully saturated rings. The Labute approximate surface area is 182 Å². The fraction of sp³-hybridized carbons (Fsp3) is 0.143. The van der Waals surface area contributed by atoms with Crippen molar-refractivity contribution in [2.45, 2.75) is 33.7 Å². The first-order valence-corrected chi connectivity index (χ1v) is 11.0. The summed E-state index contributed by atoms with van der Waals surface area (Å²) in [6.07, 6.45) is 1.60. The van der Waals surface area contributed by atoms with Crippen LogP contribution in [0.25, 0.3) is 0 Å². The molecule has 9 heteroatoms. The molecule has 1 N–H and O–H groups in total. The molecular weight excluding hydrogens is 418 g/mol. The highest BCUT2D eigenvalue weighted by Gasteiger charge is 2.20. The van der Waals surface area contributed by atoms with E-state index in [-0.39, 0.29) is 11.2 Å². The fourth-order valence-electron chi connectivity index (χ4n) is 2.65. The number of nitrogens with one attached hydrogen (secondary N) is 1. The van der Waals surface area contributed by atoms with Gasteiger partial charge in [-0.15, -0.1) is 5.10 Å². The second-order valence-corrected chi connectivity index (χ2v) is 8.78. The predicted octanol–water partition coefficient (Wildman–Crippen LogP) is 4.58. The van der Waals surface area contributed by atoms with Gasteiger partial charge in [-0.25, -0.2) is 4.68 Å². The number of benzene rings is 2. The van der Waals surface area contributed by atoms with Gasteiger partial charge in [0.25, 0.3) is 0 Å². The number of tetrazole rings is 1. The van der Waals surface area contributed by atoms with Gasteiger partial charge in [0.2, 0.25) is 11.1 Å². The maximum atomic E-state index is 12.8. The number of para-hydroxylation sites is 1. The van der Waals surface area contributed by atoms with E-state index in [2.05, 4.69) is 20.8 Å². The van der Waals surface area contributed by atoms with Crippen LogP contribution in [0.2, 0.25) is 0 Å². The summed E-state index contributed by atoms with van der Waals surface area (Å²) in [5, 5.41) is 15.0. The third-order valence-corrected chi connectivity index (χ3v) is 6.31. The van der Waals surface area contributed by atoms with Gasteiger partial charge < -0.3 is 9.73 Å². The Balaban J connectivity index is 1.42. The number of carbonyl (C=O) groups is 1. The monoisotopic (exact) mass is 437 g/mol. The molecule has 0 saturated carbocycles. The van der Waals surface area contributed by atoms with Crippen LogP contribution < -0.4 is 5.32 Å². The molecule has 7 nitrogen and oxygen atoms in total. The van der Waals surface area contributed by atoms with E-state index in [9.17, 15) is 4.79 Å². The van der Waals surface area contributed by atoms with Crippen LogP contribution in [-0.2, 0) is 11.3 Å². The number of furan rings is 1. The number of rotatable bonds is 8. The van der Waals surface area contributed by atoms with Crippen LogP contribution in [0.4, 0.5) is 5.69 Å². The van der Waals surface area contributed by atoms with Crippen molar-refractivity contribution in [3.8, 4) is 0 Å². The fourth-order valence-corrected chi connectivity index (χ4v) is 4.36. The van der Waals surface area contributed by atoms with E-state index < -0.39 is 0 Å². The zero-order chi connectivity index (χ0) is 20.8. The summed E-state index contributed by atoms with van der Waals surface area (Å²) in [5.41, 5.74) is 0.777. The van der Waals surface area contributed by atoms with Gasteiger partial charge in [0, 0.05) is 9.79 Å². The number of nitrogens with zero attached hydrogens (tertiary/aromatic N) is 4. The number of hydrogen-bond donors (Lipinski definition) is 1. The number of thioether (sulfide) groups is 1. The molecule has 0 aliphatic carbocycles. The van der Waals surface area contributed by atoms with Crippen molar-refractivity contribution < 1.29 is 9.21 Å². The van der Waals surface area contributed by atoms with Gasteiger partial charge in [-0.2, -0.15) is 0 Å². The van der Waals surface area contributed by atoms with Crippen molar-refractivity contribution in [2.75, 3.05) is 5.32 Å². The lowest BCUT2D eigenvalue weighted by Crippen LogP contribution is -2.23. The first kappa shape index (κ1) is 20.2. The van der Waals surface area contributed by atoms with E-state index >= 15 is 0 Å². The van der Waals surface area contributed by atoms with Crippen LogP contribution in [0.3, 0.4) is 0 Å². The van der Waals surface area contributed by atoms with Crippen molar-refractivity contribution in [3.05, 3.63) is 78.8 Å². The minimum atomic E-state index is -0.388. The molecule has 152 valence electrons. The molecule has 2 aromatic carbocycles. The molecule has 0 saturated heterocycles. The van der Waals surface area contributed by atoms with Gasteiger partial charge in [0.1, 0.15) is 12.3 Å². The van der Waals surface area contributed by atoms with E-state index in [1.54, 1.807) is 22.7 Å². The Morgan fingerprint density at radius 2 is 1.90 bits per heavy atom. The van der Waals surface area contributed by atoms with E-state index in [4.69, 9.17) is 4.42 Å². The minimum absolute atomic E-state index is 0.117. The normalized spacial score (nSPS) is 11.9. The van der Waals surface area contributed by atoms with Crippen molar-refractivity contribution in [1.82, 2.24) is 20.2 Å². The lowest BCUT2D eigenvalue weighted by Gasteiger charge is -2.14. The average Bonchev–Trinajstić information content (AvgIpc) is 3.43. The van der Waals surface area contributed by atoms with Crippen LogP contribution >= 0.6 is 23.5 Å². The second kappa shape index (κ2) is 9.64. The Kier molecular flexibility index (Phi) is 6.50. The third kappa shape index (κ3) is 5.11. The molecule has 30 heavy (non-hydrogen) atoms. The number of anilines is 1. The van der Waals surface area contributed by atoms with E-state index in [1.165, 1.54) is 11.8 Å². The highest BCUT2D eigenvalue weighted by atomic mass is 32.2. The summed E-state index contributed by atoms with van der Waals surface area (Å²) in [7, 11) is 0. The summed E-state index contributed by atoms with van der Waals surface area (Å²) in [6.45, 7) is 2.24. The van der Waals surface area contributed by atoms with Gasteiger partial charge in [-0.05, 0) is 53.7 Å². The van der Waals surface area contributed by atoms with Crippen LogP contribution in [0.1, 0.15) is 12.7 Å². The zero-order valence-electron chi connectivity index (χ0n) is 16.1. The largest absolute Gasteiger partial charge is 0.467 e. The summed E-state index contributed by atoms with van der Waals surface area (Å²) in [6, 6.07) is 21.5.